The minimum Gasteiger partial charge on any atom is -0.326 e. The van der Waals surface area contributed by atoms with Crippen molar-refractivity contribution in [3.8, 4) is 0 Å². The molecule has 2 rings (SSSR count). The van der Waals surface area contributed by atoms with Crippen molar-refractivity contribution in [2.24, 2.45) is 5.73 Å². The lowest BCUT2D eigenvalue weighted by atomic mass is 10.2. The van der Waals surface area contributed by atoms with Crippen molar-refractivity contribution in [3.05, 3.63) is 52.3 Å². The van der Waals surface area contributed by atoms with Crippen LogP contribution in [0, 0.1) is 6.92 Å². The molecule has 2 aromatic rings. The Morgan fingerprint density at radius 2 is 2.10 bits per heavy atom. The zero-order chi connectivity index (χ0) is 14.8. The lowest BCUT2D eigenvalue weighted by molar-refractivity contribution is 0.600. The van der Waals surface area contributed by atoms with Crippen LogP contribution in [-0.4, -0.2) is 13.4 Å². The van der Waals surface area contributed by atoms with Crippen LogP contribution in [0.5, 0.6) is 0 Å². The topological polar surface area (TPSA) is 85.1 Å². The molecule has 20 heavy (non-hydrogen) atoms. The van der Waals surface area contributed by atoms with Crippen molar-refractivity contribution < 1.29 is 8.42 Å². The lowest BCUT2D eigenvalue weighted by Crippen LogP contribution is -2.15. The minimum absolute atomic E-state index is 0.156. The molecule has 0 spiro atoms. The number of anilines is 1. The fourth-order valence-corrected chi connectivity index (χ4v) is 3.80. The first-order valence-electron chi connectivity index (χ1n) is 5.87. The molecule has 0 aliphatic carbocycles. The van der Waals surface area contributed by atoms with E-state index in [2.05, 4.69) is 25.6 Å². The molecule has 0 radical (unpaired) electrons. The third kappa shape index (κ3) is 3.17. The predicted octanol–water partition coefficient (Wildman–Crippen LogP) is 2.41. The van der Waals surface area contributed by atoms with Gasteiger partial charge in [0.25, 0.3) is 10.0 Å². The molecule has 0 aliphatic rings. The number of aromatic nitrogens is 1. The maximum atomic E-state index is 12.4. The number of benzene rings is 1. The number of rotatable bonds is 4. The predicted molar refractivity (Wildman–Crippen MR) is 81.8 cm³/mol. The van der Waals surface area contributed by atoms with Crippen molar-refractivity contribution in [1.29, 1.82) is 0 Å². The van der Waals surface area contributed by atoms with Gasteiger partial charge in [-0.25, -0.2) is 8.42 Å². The van der Waals surface area contributed by atoms with E-state index in [1.54, 1.807) is 43.5 Å². The molecule has 0 amide bonds. The highest BCUT2D eigenvalue weighted by Crippen LogP contribution is 2.26. The van der Waals surface area contributed by atoms with Gasteiger partial charge in [-0.1, -0.05) is 6.07 Å². The molecule has 0 atom stereocenters. The molecule has 0 unspecified atom stereocenters. The summed E-state index contributed by atoms with van der Waals surface area (Å²) >= 11 is 3.25. The van der Waals surface area contributed by atoms with Crippen molar-refractivity contribution in [2.75, 3.05) is 4.72 Å². The van der Waals surface area contributed by atoms with E-state index in [1.165, 1.54) is 0 Å². The van der Waals surface area contributed by atoms with Crippen molar-refractivity contribution >= 4 is 31.6 Å². The SMILES string of the molecule is Cc1ncccc1NS(=O)(=O)c1cc(CN)ccc1Br. The molecule has 5 nitrogen and oxygen atoms in total. The van der Waals surface area contributed by atoms with E-state index in [4.69, 9.17) is 5.73 Å². The van der Waals surface area contributed by atoms with Crippen LogP contribution in [0.25, 0.3) is 0 Å². The first-order chi connectivity index (χ1) is 9.44. The molecule has 3 N–H and O–H groups in total. The summed E-state index contributed by atoms with van der Waals surface area (Å²) in [6.45, 7) is 2.02. The third-order valence-electron chi connectivity index (χ3n) is 2.77. The zero-order valence-corrected chi connectivity index (χ0v) is 13.2. The number of nitrogens with two attached hydrogens (primary N) is 1. The average Bonchev–Trinajstić information content (AvgIpc) is 2.41. The van der Waals surface area contributed by atoms with E-state index in [0.717, 1.165) is 5.56 Å². The largest absolute Gasteiger partial charge is 0.326 e. The standard InChI is InChI=1S/C13H14BrN3O2S/c1-9-12(3-2-6-16-9)17-20(18,19)13-7-10(8-15)4-5-11(13)14/h2-7,17H,8,15H2,1H3. The van der Waals surface area contributed by atoms with E-state index in [-0.39, 0.29) is 11.4 Å². The van der Waals surface area contributed by atoms with Gasteiger partial charge in [0.15, 0.2) is 0 Å². The van der Waals surface area contributed by atoms with Crippen LogP contribution in [0.3, 0.4) is 0 Å². The minimum atomic E-state index is -3.69. The monoisotopic (exact) mass is 355 g/mol. The highest BCUT2D eigenvalue weighted by molar-refractivity contribution is 9.10. The van der Waals surface area contributed by atoms with Crippen LogP contribution < -0.4 is 10.5 Å². The van der Waals surface area contributed by atoms with Gasteiger partial charge in [-0.15, -0.1) is 0 Å². The van der Waals surface area contributed by atoms with Crippen molar-refractivity contribution in [3.63, 3.8) is 0 Å². The Balaban J connectivity index is 2.43. The van der Waals surface area contributed by atoms with Gasteiger partial charge in [0, 0.05) is 17.2 Å². The number of aryl methyl sites for hydroxylation is 1. The molecule has 0 bridgehead atoms. The summed E-state index contributed by atoms with van der Waals surface area (Å²) in [7, 11) is -3.69. The van der Waals surface area contributed by atoms with Gasteiger partial charge in [0.1, 0.15) is 4.90 Å². The van der Waals surface area contributed by atoms with Gasteiger partial charge in [-0.2, -0.15) is 0 Å². The normalized spacial score (nSPS) is 11.3. The molecule has 0 saturated carbocycles. The Labute approximate surface area is 126 Å². The summed E-state index contributed by atoms with van der Waals surface area (Å²) in [4.78, 5) is 4.21. The van der Waals surface area contributed by atoms with E-state index in [1.807, 2.05) is 0 Å². The molecular weight excluding hydrogens is 342 g/mol. The second kappa shape index (κ2) is 5.90. The number of pyridine rings is 1. The van der Waals surface area contributed by atoms with Crippen LogP contribution in [-0.2, 0) is 16.6 Å². The average molecular weight is 356 g/mol. The summed E-state index contributed by atoms with van der Waals surface area (Å²) in [6.07, 6.45) is 1.61. The van der Waals surface area contributed by atoms with Gasteiger partial charge >= 0.3 is 0 Å². The zero-order valence-electron chi connectivity index (χ0n) is 10.8. The van der Waals surface area contributed by atoms with Gasteiger partial charge in [0.05, 0.1) is 11.4 Å². The number of hydrogen-bond donors (Lipinski definition) is 2. The van der Waals surface area contributed by atoms with Gasteiger partial charge in [-0.05, 0) is 52.7 Å². The Hall–Kier alpha value is -1.44. The number of nitrogens with one attached hydrogen (secondary N) is 1. The van der Waals surface area contributed by atoms with Crippen LogP contribution in [0.4, 0.5) is 5.69 Å². The van der Waals surface area contributed by atoms with Gasteiger partial charge in [0.2, 0.25) is 0 Å². The molecule has 7 heteroatoms. The van der Waals surface area contributed by atoms with Crippen molar-refractivity contribution in [2.45, 2.75) is 18.4 Å². The fourth-order valence-electron chi connectivity index (χ4n) is 1.67. The summed E-state index contributed by atoms with van der Waals surface area (Å²) in [6, 6.07) is 8.35. The van der Waals surface area contributed by atoms with E-state index >= 15 is 0 Å². The summed E-state index contributed by atoms with van der Waals surface area (Å²) in [5.74, 6) is 0. The van der Waals surface area contributed by atoms with E-state index in [0.29, 0.717) is 15.9 Å². The summed E-state index contributed by atoms with van der Waals surface area (Å²) in [5, 5.41) is 0. The van der Waals surface area contributed by atoms with Crippen LogP contribution >= 0.6 is 15.9 Å². The first-order valence-corrected chi connectivity index (χ1v) is 8.14. The quantitative estimate of drug-likeness (QED) is 0.881. The molecule has 0 aliphatic heterocycles. The Morgan fingerprint density at radius 1 is 1.35 bits per heavy atom. The smallest absolute Gasteiger partial charge is 0.263 e. The Bertz CT molecular complexity index is 732. The molecule has 1 aromatic carbocycles. The Morgan fingerprint density at radius 3 is 2.75 bits per heavy atom. The lowest BCUT2D eigenvalue weighted by Gasteiger charge is -2.12. The van der Waals surface area contributed by atoms with Crippen LogP contribution in [0.1, 0.15) is 11.3 Å². The van der Waals surface area contributed by atoms with Crippen LogP contribution in [0.2, 0.25) is 0 Å². The summed E-state index contributed by atoms with van der Waals surface area (Å²) < 4.78 is 27.9. The highest BCUT2D eigenvalue weighted by Gasteiger charge is 2.19. The fraction of sp³-hybridized carbons (Fsp3) is 0.154. The molecular formula is C13H14BrN3O2S. The van der Waals surface area contributed by atoms with Gasteiger partial charge in [-0.3, -0.25) is 9.71 Å². The molecule has 1 heterocycles. The summed E-state index contributed by atoms with van der Waals surface area (Å²) in [5.41, 5.74) is 7.36. The molecule has 0 saturated heterocycles. The molecule has 0 fully saturated rings. The van der Waals surface area contributed by atoms with Gasteiger partial charge < -0.3 is 5.73 Å². The van der Waals surface area contributed by atoms with E-state index < -0.39 is 10.0 Å². The highest BCUT2D eigenvalue weighted by atomic mass is 79.9. The second-order valence-corrected chi connectivity index (χ2v) is 6.72. The third-order valence-corrected chi connectivity index (χ3v) is 5.13. The first kappa shape index (κ1) is 15.0. The van der Waals surface area contributed by atoms with Crippen LogP contribution in [0.15, 0.2) is 45.9 Å². The Kier molecular flexibility index (Phi) is 4.42. The maximum absolute atomic E-state index is 12.4. The molecule has 1 aromatic heterocycles. The number of hydrogen-bond acceptors (Lipinski definition) is 4. The van der Waals surface area contributed by atoms with Crippen molar-refractivity contribution in [1.82, 2.24) is 4.98 Å². The molecule has 106 valence electrons. The number of halogens is 1. The van der Waals surface area contributed by atoms with E-state index in [9.17, 15) is 8.42 Å². The number of sulfonamides is 1. The second-order valence-electron chi connectivity index (χ2n) is 4.21. The number of nitrogens with zero attached hydrogens (tertiary/aromatic N) is 1. The maximum Gasteiger partial charge on any atom is 0.263 e.